The summed E-state index contributed by atoms with van der Waals surface area (Å²) in [5, 5.41) is 24.7. The molecule has 3 heteroatoms. The number of rotatable bonds is 4. The van der Waals surface area contributed by atoms with Gasteiger partial charge in [-0.25, -0.2) is 0 Å². The fourth-order valence-electron chi connectivity index (χ4n) is 2.64. The van der Waals surface area contributed by atoms with Crippen molar-refractivity contribution in [3.05, 3.63) is 78.4 Å². The van der Waals surface area contributed by atoms with Gasteiger partial charge < -0.3 is 10.4 Å². The Morgan fingerprint density at radius 2 is 1.55 bits per heavy atom. The lowest BCUT2D eigenvalue weighted by Crippen LogP contribution is -2.24. The first-order valence-corrected chi connectivity index (χ1v) is 7.16. The average Bonchev–Trinajstić information content (AvgIpc) is 2.59. The molecule has 0 amide bonds. The molecule has 0 fully saturated rings. The number of para-hydroxylation sites is 1. The van der Waals surface area contributed by atoms with E-state index in [1.54, 1.807) is 0 Å². The second-order valence-corrected chi connectivity index (χ2v) is 5.13. The summed E-state index contributed by atoms with van der Waals surface area (Å²) in [7, 11) is 0. The van der Waals surface area contributed by atoms with Gasteiger partial charge in [0, 0.05) is 5.69 Å². The Hall–Kier alpha value is -2.83. The van der Waals surface area contributed by atoms with Gasteiger partial charge in [0.15, 0.2) is 6.10 Å². The first-order valence-electron chi connectivity index (χ1n) is 7.16. The topological polar surface area (TPSA) is 56.0 Å². The second kappa shape index (κ2) is 6.30. The molecule has 2 N–H and O–H groups in total. The largest absolute Gasteiger partial charge is 0.376 e. The summed E-state index contributed by atoms with van der Waals surface area (Å²) in [5.41, 5.74) is 1.78. The summed E-state index contributed by atoms with van der Waals surface area (Å²) in [6.07, 6.45) is -1.13. The Bertz CT molecular complexity index is 803. The SMILES string of the molecule is N#C[C@@H](O)[C@@H](Nc1ccccc1)c1cccc2ccccc12. The minimum absolute atomic E-state index is 0.488. The van der Waals surface area contributed by atoms with Crippen LogP contribution in [0, 0.1) is 11.3 Å². The molecule has 3 rings (SSSR count). The minimum atomic E-state index is -1.13. The van der Waals surface area contributed by atoms with Crippen molar-refractivity contribution in [2.45, 2.75) is 12.1 Å². The molecule has 0 saturated heterocycles. The van der Waals surface area contributed by atoms with E-state index < -0.39 is 12.1 Å². The predicted octanol–water partition coefficient (Wildman–Crippen LogP) is 3.88. The molecular weight excluding hydrogens is 272 g/mol. The van der Waals surface area contributed by atoms with E-state index >= 15 is 0 Å². The van der Waals surface area contributed by atoms with Gasteiger partial charge in [-0.1, -0.05) is 60.7 Å². The number of benzene rings is 3. The number of anilines is 1. The average molecular weight is 288 g/mol. The first kappa shape index (κ1) is 14.1. The van der Waals surface area contributed by atoms with Crippen LogP contribution < -0.4 is 5.32 Å². The van der Waals surface area contributed by atoms with Crippen LogP contribution >= 0.6 is 0 Å². The van der Waals surface area contributed by atoms with Gasteiger partial charge >= 0.3 is 0 Å². The van der Waals surface area contributed by atoms with Crippen molar-refractivity contribution < 1.29 is 5.11 Å². The summed E-state index contributed by atoms with van der Waals surface area (Å²) in [5.74, 6) is 0. The van der Waals surface area contributed by atoms with Gasteiger partial charge in [-0.3, -0.25) is 0 Å². The maximum Gasteiger partial charge on any atom is 0.164 e. The van der Waals surface area contributed by atoms with Crippen LogP contribution in [0.25, 0.3) is 10.8 Å². The highest BCUT2D eigenvalue weighted by atomic mass is 16.3. The van der Waals surface area contributed by atoms with Crippen LogP contribution in [-0.4, -0.2) is 11.2 Å². The first-order chi connectivity index (χ1) is 10.8. The van der Waals surface area contributed by atoms with Gasteiger partial charge in [0.05, 0.1) is 12.1 Å². The summed E-state index contributed by atoms with van der Waals surface area (Å²) < 4.78 is 0. The smallest absolute Gasteiger partial charge is 0.164 e. The van der Waals surface area contributed by atoms with Crippen molar-refractivity contribution in [1.29, 1.82) is 5.26 Å². The van der Waals surface area contributed by atoms with Crippen molar-refractivity contribution in [1.82, 2.24) is 0 Å². The van der Waals surface area contributed by atoms with E-state index in [0.717, 1.165) is 22.0 Å². The Kier molecular flexibility index (Phi) is 4.04. The highest BCUT2D eigenvalue weighted by molar-refractivity contribution is 5.86. The molecule has 0 aliphatic carbocycles. The number of fused-ring (bicyclic) bond motifs is 1. The van der Waals surface area contributed by atoms with Crippen molar-refractivity contribution in [2.24, 2.45) is 0 Å². The lowest BCUT2D eigenvalue weighted by Gasteiger charge is -2.23. The maximum atomic E-state index is 10.2. The number of aliphatic hydroxyl groups excluding tert-OH is 1. The second-order valence-electron chi connectivity index (χ2n) is 5.13. The molecule has 0 radical (unpaired) electrons. The molecule has 0 bridgehead atoms. The molecule has 3 nitrogen and oxygen atoms in total. The highest BCUT2D eigenvalue weighted by Gasteiger charge is 2.22. The Morgan fingerprint density at radius 1 is 0.864 bits per heavy atom. The van der Waals surface area contributed by atoms with E-state index in [1.165, 1.54) is 0 Å². The van der Waals surface area contributed by atoms with Crippen LogP contribution in [0.2, 0.25) is 0 Å². The van der Waals surface area contributed by atoms with Crippen molar-refractivity contribution in [3.63, 3.8) is 0 Å². The molecule has 0 heterocycles. The minimum Gasteiger partial charge on any atom is -0.376 e. The summed E-state index contributed by atoms with van der Waals surface area (Å²) in [4.78, 5) is 0. The zero-order valence-electron chi connectivity index (χ0n) is 12.0. The summed E-state index contributed by atoms with van der Waals surface area (Å²) in [6, 6.07) is 25.0. The molecule has 22 heavy (non-hydrogen) atoms. The molecule has 3 aromatic carbocycles. The zero-order chi connectivity index (χ0) is 15.4. The third-order valence-corrected chi connectivity index (χ3v) is 3.70. The van der Waals surface area contributed by atoms with E-state index in [9.17, 15) is 10.4 Å². The van der Waals surface area contributed by atoms with Crippen molar-refractivity contribution >= 4 is 16.5 Å². The standard InChI is InChI=1S/C19H16N2O/c20-13-18(22)19(21-15-9-2-1-3-10-15)17-12-6-8-14-7-4-5-11-16(14)17/h1-12,18-19,21-22H/t18-,19+/m1/s1. The van der Waals surface area contributed by atoms with Crippen LogP contribution in [-0.2, 0) is 0 Å². The number of nitrogens with zero attached hydrogens (tertiary/aromatic N) is 1. The zero-order valence-corrected chi connectivity index (χ0v) is 12.0. The van der Waals surface area contributed by atoms with Crippen molar-refractivity contribution in [3.8, 4) is 6.07 Å². The lowest BCUT2D eigenvalue weighted by molar-refractivity contribution is 0.208. The fraction of sp³-hybridized carbons (Fsp3) is 0.105. The van der Waals surface area contributed by atoms with E-state index in [2.05, 4.69) is 5.32 Å². The molecule has 108 valence electrons. The maximum absolute atomic E-state index is 10.2. The molecule has 2 atom stereocenters. The Morgan fingerprint density at radius 3 is 2.32 bits per heavy atom. The predicted molar refractivity (Wildman–Crippen MR) is 88.4 cm³/mol. The van der Waals surface area contributed by atoms with Gasteiger partial charge in [-0.15, -0.1) is 0 Å². The summed E-state index contributed by atoms with van der Waals surface area (Å²) >= 11 is 0. The van der Waals surface area contributed by atoms with Crippen LogP contribution in [0.3, 0.4) is 0 Å². The highest BCUT2D eigenvalue weighted by Crippen LogP contribution is 2.29. The van der Waals surface area contributed by atoms with Crippen LogP contribution in [0.1, 0.15) is 11.6 Å². The molecular formula is C19H16N2O. The number of nitrogens with one attached hydrogen (secondary N) is 1. The Labute approximate surface area is 129 Å². The van der Waals surface area contributed by atoms with Crippen LogP contribution in [0.4, 0.5) is 5.69 Å². The normalized spacial score (nSPS) is 13.3. The molecule has 0 spiro atoms. The third-order valence-electron chi connectivity index (χ3n) is 3.70. The molecule has 0 aliphatic rings. The molecule has 3 aromatic rings. The van der Waals surface area contributed by atoms with Crippen molar-refractivity contribution in [2.75, 3.05) is 5.32 Å². The summed E-state index contributed by atoms with van der Waals surface area (Å²) in [6.45, 7) is 0. The number of hydrogen-bond acceptors (Lipinski definition) is 3. The molecule has 0 aliphatic heterocycles. The molecule has 0 unspecified atom stereocenters. The molecule has 0 aromatic heterocycles. The van der Waals surface area contributed by atoms with Gasteiger partial charge in [-0.05, 0) is 28.5 Å². The monoisotopic (exact) mass is 288 g/mol. The van der Waals surface area contributed by atoms with Crippen LogP contribution in [0.15, 0.2) is 72.8 Å². The number of hydrogen-bond donors (Lipinski definition) is 2. The van der Waals surface area contributed by atoms with Gasteiger partial charge in [-0.2, -0.15) is 5.26 Å². The van der Waals surface area contributed by atoms with Gasteiger partial charge in [0.25, 0.3) is 0 Å². The number of nitriles is 1. The Balaban J connectivity index is 2.07. The lowest BCUT2D eigenvalue weighted by atomic mass is 9.95. The van der Waals surface area contributed by atoms with E-state index in [1.807, 2.05) is 78.9 Å². The van der Waals surface area contributed by atoms with Gasteiger partial charge in [0.1, 0.15) is 0 Å². The van der Waals surface area contributed by atoms with Crippen LogP contribution in [0.5, 0.6) is 0 Å². The molecule has 0 saturated carbocycles. The number of aliphatic hydroxyl groups is 1. The van der Waals surface area contributed by atoms with Gasteiger partial charge in [0.2, 0.25) is 0 Å². The third kappa shape index (κ3) is 2.78. The van der Waals surface area contributed by atoms with E-state index in [-0.39, 0.29) is 0 Å². The van der Waals surface area contributed by atoms with E-state index in [0.29, 0.717) is 0 Å². The quantitative estimate of drug-likeness (QED) is 0.716. The van der Waals surface area contributed by atoms with E-state index in [4.69, 9.17) is 0 Å². The fourth-order valence-corrected chi connectivity index (χ4v) is 2.64.